The molecule has 0 aliphatic heterocycles. The summed E-state index contributed by atoms with van der Waals surface area (Å²) in [6, 6.07) is 0. The summed E-state index contributed by atoms with van der Waals surface area (Å²) in [5.74, 6) is 2.15. The Morgan fingerprint density at radius 1 is 1.18 bits per heavy atom. The maximum absolute atomic E-state index is 14.2. The first kappa shape index (κ1) is 14.7. The molecule has 4 aliphatic rings. The van der Waals surface area contributed by atoms with Crippen molar-refractivity contribution in [2.75, 3.05) is 0 Å². The maximum Gasteiger partial charge on any atom is 0.127 e. The monoisotopic (exact) mass is 306 g/mol. The molecule has 8 atom stereocenters. The second-order valence-corrected chi connectivity index (χ2v) is 8.59. The third kappa shape index (κ3) is 1.75. The van der Waals surface area contributed by atoms with Gasteiger partial charge in [0.15, 0.2) is 0 Å². The lowest BCUT2D eigenvalue weighted by molar-refractivity contribution is -0.0895. The van der Waals surface area contributed by atoms with Crippen molar-refractivity contribution in [2.45, 2.75) is 58.2 Å². The van der Waals surface area contributed by atoms with E-state index in [4.69, 9.17) is 0 Å². The van der Waals surface area contributed by atoms with Gasteiger partial charge in [0.25, 0.3) is 0 Å². The Bertz CT molecular complexity index is 542. The molecule has 3 fully saturated rings. The van der Waals surface area contributed by atoms with Crippen LogP contribution in [0.3, 0.4) is 0 Å². The Morgan fingerprint density at radius 2 is 1.95 bits per heavy atom. The van der Waals surface area contributed by atoms with E-state index in [1.54, 1.807) is 0 Å². The van der Waals surface area contributed by atoms with Gasteiger partial charge in [0, 0.05) is 0 Å². The Balaban J connectivity index is 1.68. The highest BCUT2D eigenvalue weighted by Crippen LogP contribution is 2.65. The molecule has 122 valence electrons. The van der Waals surface area contributed by atoms with Crippen molar-refractivity contribution >= 4 is 0 Å². The van der Waals surface area contributed by atoms with Crippen molar-refractivity contribution < 1.29 is 14.6 Å². The first-order valence-corrected chi connectivity index (χ1v) is 8.78. The fraction of sp³-hybridized carbons (Fsp3) is 0.789. The topological polar surface area (TPSA) is 40.5 Å². The minimum atomic E-state index is -1.05. The summed E-state index contributed by atoms with van der Waals surface area (Å²) in [7, 11) is 0. The van der Waals surface area contributed by atoms with Crippen molar-refractivity contribution in [3.63, 3.8) is 0 Å². The molecular weight excluding hydrogens is 279 g/mol. The number of fused-ring (bicyclic) bond motifs is 5. The molecule has 4 aliphatic carbocycles. The molecule has 0 saturated heterocycles. The van der Waals surface area contributed by atoms with E-state index in [0.717, 1.165) is 25.7 Å². The SMILES string of the molecule is C[C@]12CC[C@H]3[C@@H](CCC4C=C(O)C=C[C@@]43C)[C@@H]1C[C@@H](F)[C@H]2O. The van der Waals surface area contributed by atoms with Crippen LogP contribution in [0, 0.1) is 34.5 Å². The van der Waals surface area contributed by atoms with E-state index in [2.05, 4.69) is 19.9 Å². The largest absolute Gasteiger partial charge is 0.508 e. The highest BCUT2D eigenvalue weighted by atomic mass is 19.1. The number of hydrogen-bond acceptors (Lipinski definition) is 2. The van der Waals surface area contributed by atoms with Gasteiger partial charge in [-0.05, 0) is 78.8 Å². The lowest BCUT2D eigenvalue weighted by Crippen LogP contribution is -2.52. The Morgan fingerprint density at radius 3 is 2.73 bits per heavy atom. The van der Waals surface area contributed by atoms with Gasteiger partial charge in [0.2, 0.25) is 0 Å². The zero-order valence-corrected chi connectivity index (χ0v) is 13.5. The van der Waals surface area contributed by atoms with E-state index < -0.39 is 12.3 Å². The third-order valence-corrected chi connectivity index (χ3v) is 7.77. The lowest BCUT2D eigenvalue weighted by Gasteiger charge is -2.57. The fourth-order valence-electron chi connectivity index (χ4n) is 6.40. The quantitative estimate of drug-likeness (QED) is 0.705. The number of aliphatic hydroxyl groups is 2. The summed E-state index contributed by atoms with van der Waals surface area (Å²) in [6.07, 6.45) is 8.91. The number of aliphatic hydroxyl groups excluding tert-OH is 2. The van der Waals surface area contributed by atoms with Crippen LogP contribution in [0.5, 0.6) is 0 Å². The standard InChI is InChI=1S/C19H27FO2/c1-18-7-5-12(21)9-11(18)3-4-13-14(18)6-8-19(2)15(13)10-16(20)17(19)22/h5,7,9,11,13-17,21-22H,3-4,6,8,10H2,1-2H3/t11?,13-,14+,15+,16-,17-,18+,19+/m1/s1. The van der Waals surface area contributed by atoms with E-state index in [0.29, 0.717) is 35.9 Å². The van der Waals surface area contributed by atoms with Gasteiger partial charge in [-0.25, -0.2) is 4.39 Å². The van der Waals surface area contributed by atoms with Crippen LogP contribution in [0.25, 0.3) is 0 Å². The summed E-state index contributed by atoms with van der Waals surface area (Å²) >= 11 is 0. The second-order valence-electron chi connectivity index (χ2n) is 8.59. The van der Waals surface area contributed by atoms with Gasteiger partial charge in [0.1, 0.15) is 11.9 Å². The average molecular weight is 306 g/mol. The highest BCUT2D eigenvalue weighted by molar-refractivity contribution is 5.27. The van der Waals surface area contributed by atoms with Crippen LogP contribution in [0.4, 0.5) is 4.39 Å². The molecule has 3 heteroatoms. The molecule has 2 nitrogen and oxygen atoms in total. The first-order chi connectivity index (χ1) is 10.4. The van der Waals surface area contributed by atoms with E-state index in [1.165, 1.54) is 0 Å². The van der Waals surface area contributed by atoms with Crippen LogP contribution >= 0.6 is 0 Å². The molecular formula is C19H27FO2. The van der Waals surface area contributed by atoms with Gasteiger partial charge in [-0.3, -0.25) is 0 Å². The summed E-state index contributed by atoms with van der Waals surface area (Å²) in [6.45, 7) is 4.42. The first-order valence-electron chi connectivity index (χ1n) is 8.78. The molecule has 0 aromatic heterocycles. The Kier molecular flexibility index (Phi) is 3.08. The van der Waals surface area contributed by atoms with E-state index >= 15 is 0 Å². The van der Waals surface area contributed by atoms with Gasteiger partial charge in [-0.1, -0.05) is 19.9 Å². The van der Waals surface area contributed by atoms with E-state index in [1.807, 2.05) is 12.2 Å². The van der Waals surface area contributed by atoms with Crippen molar-refractivity contribution in [2.24, 2.45) is 34.5 Å². The smallest absolute Gasteiger partial charge is 0.127 e. The molecule has 1 unspecified atom stereocenters. The molecule has 0 heterocycles. The molecule has 22 heavy (non-hydrogen) atoms. The van der Waals surface area contributed by atoms with Crippen LogP contribution in [-0.4, -0.2) is 22.5 Å². The molecule has 2 N–H and O–H groups in total. The lowest BCUT2D eigenvalue weighted by atomic mass is 9.47. The van der Waals surface area contributed by atoms with Gasteiger partial charge in [-0.15, -0.1) is 0 Å². The van der Waals surface area contributed by atoms with Crippen molar-refractivity contribution in [1.29, 1.82) is 0 Å². The summed E-state index contributed by atoms with van der Waals surface area (Å²) in [5, 5.41) is 20.2. The molecule has 3 saturated carbocycles. The van der Waals surface area contributed by atoms with Crippen molar-refractivity contribution in [3.8, 4) is 0 Å². The van der Waals surface area contributed by atoms with Gasteiger partial charge in [-0.2, -0.15) is 0 Å². The van der Waals surface area contributed by atoms with Crippen LogP contribution in [0.2, 0.25) is 0 Å². The average Bonchev–Trinajstić information content (AvgIpc) is 2.72. The number of hydrogen-bond donors (Lipinski definition) is 2. The second kappa shape index (κ2) is 4.59. The zero-order valence-electron chi connectivity index (χ0n) is 13.5. The minimum absolute atomic E-state index is 0.0792. The molecule has 0 spiro atoms. The maximum atomic E-state index is 14.2. The van der Waals surface area contributed by atoms with Gasteiger partial charge in [0.05, 0.1) is 6.10 Å². The van der Waals surface area contributed by atoms with E-state index in [-0.39, 0.29) is 10.8 Å². The van der Waals surface area contributed by atoms with E-state index in [9.17, 15) is 14.6 Å². The highest BCUT2D eigenvalue weighted by Gasteiger charge is 2.61. The molecule has 0 amide bonds. The third-order valence-electron chi connectivity index (χ3n) is 7.77. The number of halogens is 1. The van der Waals surface area contributed by atoms with Gasteiger partial charge < -0.3 is 10.2 Å². The fourth-order valence-corrected chi connectivity index (χ4v) is 6.40. The Hall–Kier alpha value is -0.830. The number of rotatable bonds is 0. The summed E-state index contributed by atoms with van der Waals surface area (Å²) < 4.78 is 14.2. The van der Waals surface area contributed by atoms with Crippen LogP contribution in [0.15, 0.2) is 24.0 Å². The summed E-state index contributed by atoms with van der Waals surface area (Å²) in [5.41, 5.74) is -0.157. The van der Waals surface area contributed by atoms with Gasteiger partial charge >= 0.3 is 0 Å². The minimum Gasteiger partial charge on any atom is -0.508 e. The van der Waals surface area contributed by atoms with Crippen molar-refractivity contribution in [3.05, 3.63) is 24.0 Å². The molecule has 4 rings (SSSR count). The molecule has 0 aromatic rings. The van der Waals surface area contributed by atoms with Crippen LogP contribution in [-0.2, 0) is 0 Å². The predicted molar refractivity (Wildman–Crippen MR) is 84.0 cm³/mol. The van der Waals surface area contributed by atoms with Crippen LogP contribution in [0.1, 0.15) is 46.0 Å². The number of allylic oxidation sites excluding steroid dienone is 3. The number of alkyl halides is 1. The predicted octanol–water partition coefficient (Wildman–Crippen LogP) is 4.17. The normalized spacial score (nSPS) is 56.8. The molecule has 0 aromatic carbocycles. The zero-order chi connectivity index (χ0) is 15.7. The summed E-state index contributed by atoms with van der Waals surface area (Å²) in [4.78, 5) is 0. The molecule has 0 radical (unpaired) electrons. The Labute approximate surface area is 132 Å². The van der Waals surface area contributed by atoms with Crippen molar-refractivity contribution in [1.82, 2.24) is 0 Å². The van der Waals surface area contributed by atoms with Crippen LogP contribution < -0.4 is 0 Å². The molecule has 0 bridgehead atoms.